The molecule has 0 bridgehead atoms. The smallest absolute Gasteiger partial charge is 0.331 e. The summed E-state index contributed by atoms with van der Waals surface area (Å²) in [6.07, 6.45) is 2.90. The van der Waals surface area contributed by atoms with Gasteiger partial charge in [0.05, 0.1) is 6.10 Å². The Bertz CT molecular complexity index is 426. The van der Waals surface area contributed by atoms with Crippen LogP contribution in [0, 0.1) is 0 Å². The lowest BCUT2D eigenvalue weighted by molar-refractivity contribution is -0.142. The molecule has 0 saturated carbocycles. The van der Waals surface area contributed by atoms with Crippen LogP contribution in [0.4, 0.5) is 5.69 Å². The van der Waals surface area contributed by atoms with Crippen LogP contribution in [0.1, 0.15) is 20.3 Å². The molecule has 0 aromatic heterocycles. The minimum atomic E-state index is -0.507. The number of rotatable bonds is 5. The lowest BCUT2D eigenvalue weighted by Crippen LogP contribution is -2.13. The summed E-state index contributed by atoms with van der Waals surface area (Å²) < 4.78 is 4.99. The fourth-order valence-electron chi connectivity index (χ4n) is 1.17. The molecular weight excluding hydrogens is 230 g/mol. The van der Waals surface area contributed by atoms with Crippen LogP contribution in [0.3, 0.4) is 0 Å². The first-order valence-electron chi connectivity index (χ1n) is 5.86. The summed E-state index contributed by atoms with van der Waals surface area (Å²) in [7, 11) is 0. The summed E-state index contributed by atoms with van der Waals surface area (Å²) in [6.45, 7) is 3.72. The molecule has 0 heterocycles. The van der Waals surface area contributed by atoms with Gasteiger partial charge in [0.15, 0.2) is 0 Å². The number of carbonyl (C=O) groups excluding carboxylic acids is 2. The molecule has 1 N–H and O–H groups in total. The predicted molar refractivity (Wildman–Crippen MR) is 70.1 cm³/mol. The van der Waals surface area contributed by atoms with Crippen LogP contribution in [0.5, 0.6) is 0 Å². The third kappa shape index (κ3) is 5.30. The number of hydrogen-bond acceptors (Lipinski definition) is 3. The lowest BCUT2D eigenvalue weighted by atomic mass is 10.3. The highest BCUT2D eigenvalue weighted by Crippen LogP contribution is 2.04. The Labute approximate surface area is 107 Å². The number of hydrogen-bond donors (Lipinski definition) is 1. The number of para-hydroxylation sites is 1. The number of nitrogens with one attached hydrogen (secondary N) is 1. The van der Waals surface area contributed by atoms with Crippen LogP contribution in [0.15, 0.2) is 42.5 Å². The zero-order valence-electron chi connectivity index (χ0n) is 10.6. The van der Waals surface area contributed by atoms with Crippen molar-refractivity contribution in [2.24, 2.45) is 0 Å². The third-order valence-corrected chi connectivity index (χ3v) is 2.30. The van der Waals surface area contributed by atoms with Crippen LogP contribution in [0.25, 0.3) is 0 Å². The predicted octanol–water partition coefficient (Wildman–Crippen LogP) is 2.52. The van der Waals surface area contributed by atoms with Gasteiger partial charge in [0.25, 0.3) is 0 Å². The zero-order chi connectivity index (χ0) is 13.4. The Balaban J connectivity index is 2.42. The molecule has 1 unspecified atom stereocenters. The van der Waals surface area contributed by atoms with Gasteiger partial charge in [0, 0.05) is 17.8 Å². The Morgan fingerprint density at radius 3 is 2.56 bits per heavy atom. The monoisotopic (exact) mass is 247 g/mol. The first-order chi connectivity index (χ1) is 8.61. The molecule has 18 heavy (non-hydrogen) atoms. The van der Waals surface area contributed by atoms with E-state index in [0.717, 1.165) is 18.6 Å². The van der Waals surface area contributed by atoms with E-state index < -0.39 is 5.97 Å². The van der Waals surface area contributed by atoms with E-state index in [-0.39, 0.29) is 12.0 Å². The molecule has 1 amide bonds. The second-order valence-electron chi connectivity index (χ2n) is 3.84. The highest BCUT2D eigenvalue weighted by Gasteiger charge is 2.04. The topological polar surface area (TPSA) is 55.4 Å². The summed E-state index contributed by atoms with van der Waals surface area (Å²) >= 11 is 0. The van der Waals surface area contributed by atoms with Gasteiger partial charge in [-0.05, 0) is 25.5 Å². The van der Waals surface area contributed by atoms with Crippen molar-refractivity contribution in [3.05, 3.63) is 42.5 Å². The number of benzene rings is 1. The number of esters is 1. The zero-order valence-corrected chi connectivity index (χ0v) is 10.6. The van der Waals surface area contributed by atoms with E-state index in [2.05, 4.69) is 5.32 Å². The molecule has 4 heteroatoms. The Hall–Kier alpha value is -2.10. The summed E-state index contributed by atoms with van der Waals surface area (Å²) in [5, 5.41) is 2.63. The van der Waals surface area contributed by atoms with Gasteiger partial charge in [-0.3, -0.25) is 4.79 Å². The quantitative estimate of drug-likeness (QED) is 0.642. The Kier molecular flexibility index (Phi) is 5.64. The van der Waals surface area contributed by atoms with Gasteiger partial charge in [-0.25, -0.2) is 4.79 Å². The van der Waals surface area contributed by atoms with Crippen molar-refractivity contribution in [3.8, 4) is 0 Å². The van der Waals surface area contributed by atoms with E-state index in [1.54, 1.807) is 19.1 Å². The number of amides is 1. The summed E-state index contributed by atoms with van der Waals surface area (Å²) in [4.78, 5) is 22.7. The molecule has 0 aliphatic rings. The van der Waals surface area contributed by atoms with Gasteiger partial charge in [-0.2, -0.15) is 0 Å². The molecule has 1 atom stereocenters. The lowest BCUT2D eigenvalue weighted by Gasteiger charge is -2.07. The fourth-order valence-corrected chi connectivity index (χ4v) is 1.17. The summed E-state index contributed by atoms with van der Waals surface area (Å²) in [5.41, 5.74) is 0.683. The van der Waals surface area contributed by atoms with Crippen molar-refractivity contribution in [1.82, 2.24) is 0 Å². The van der Waals surface area contributed by atoms with E-state index >= 15 is 0 Å². The molecule has 1 aromatic carbocycles. The van der Waals surface area contributed by atoms with Crippen molar-refractivity contribution in [1.29, 1.82) is 0 Å². The average Bonchev–Trinajstić information content (AvgIpc) is 2.37. The van der Waals surface area contributed by atoms with Crippen molar-refractivity contribution in [2.45, 2.75) is 26.4 Å². The first-order valence-corrected chi connectivity index (χ1v) is 5.86. The van der Waals surface area contributed by atoms with Gasteiger partial charge in [-0.15, -0.1) is 0 Å². The van der Waals surface area contributed by atoms with E-state index in [0.29, 0.717) is 5.69 Å². The molecule has 0 saturated heterocycles. The number of anilines is 1. The van der Waals surface area contributed by atoms with Crippen LogP contribution in [-0.2, 0) is 14.3 Å². The maximum Gasteiger partial charge on any atom is 0.331 e. The second-order valence-corrected chi connectivity index (χ2v) is 3.84. The van der Waals surface area contributed by atoms with Gasteiger partial charge in [-0.1, -0.05) is 25.1 Å². The molecule has 1 rings (SSSR count). The molecule has 1 aromatic rings. The molecule has 0 aliphatic carbocycles. The Morgan fingerprint density at radius 2 is 1.94 bits per heavy atom. The van der Waals surface area contributed by atoms with E-state index in [1.165, 1.54) is 0 Å². The largest absolute Gasteiger partial charge is 0.460 e. The minimum Gasteiger partial charge on any atom is -0.460 e. The van der Waals surface area contributed by atoms with Gasteiger partial charge in [0.1, 0.15) is 0 Å². The number of carbonyl (C=O) groups is 2. The molecule has 0 spiro atoms. The molecule has 0 radical (unpaired) electrons. The second kappa shape index (κ2) is 7.27. The summed E-state index contributed by atoms with van der Waals surface area (Å²) in [5.74, 6) is -0.866. The minimum absolute atomic E-state index is 0.140. The van der Waals surface area contributed by atoms with Crippen molar-refractivity contribution < 1.29 is 14.3 Å². The van der Waals surface area contributed by atoms with Gasteiger partial charge < -0.3 is 10.1 Å². The highest BCUT2D eigenvalue weighted by atomic mass is 16.5. The van der Waals surface area contributed by atoms with E-state index in [9.17, 15) is 9.59 Å². The van der Waals surface area contributed by atoms with Gasteiger partial charge in [0.2, 0.25) is 5.91 Å². The standard InChI is InChI=1S/C14H17NO3/c1-3-11(2)18-14(17)10-9-13(16)15-12-7-5-4-6-8-12/h4-11H,3H2,1-2H3,(H,15,16)/b10-9-. The normalized spacial score (nSPS) is 12.1. The first kappa shape index (κ1) is 14.0. The highest BCUT2D eigenvalue weighted by molar-refractivity contribution is 6.02. The van der Waals surface area contributed by atoms with Crippen LogP contribution in [0.2, 0.25) is 0 Å². The fraction of sp³-hybridized carbons (Fsp3) is 0.286. The number of ether oxygens (including phenoxy) is 1. The van der Waals surface area contributed by atoms with Crippen molar-refractivity contribution in [3.63, 3.8) is 0 Å². The molecule has 4 nitrogen and oxygen atoms in total. The van der Waals surface area contributed by atoms with Gasteiger partial charge >= 0.3 is 5.97 Å². The van der Waals surface area contributed by atoms with Crippen LogP contribution in [-0.4, -0.2) is 18.0 Å². The Morgan fingerprint density at radius 1 is 1.28 bits per heavy atom. The van der Waals surface area contributed by atoms with E-state index in [4.69, 9.17) is 4.74 Å². The molecule has 96 valence electrons. The van der Waals surface area contributed by atoms with Crippen molar-refractivity contribution >= 4 is 17.6 Å². The molecular formula is C14H17NO3. The average molecular weight is 247 g/mol. The van der Waals surface area contributed by atoms with Crippen molar-refractivity contribution in [2.75, 3.05) is 5.32 Å². The molecule has 0 aliphatic heterocycles. The summed E-state index contributed by atoms with van der Waals surface area (Å²) in [6, 6.07) is 9.02. The third-order valence-electron chi connectivity index (χ3n) is 2.30. The van der Waals surface area contributed by atoms with Crippen LogP contribution >= 0.6 is 0 Å². The molecule has 0 fully saturated rings. The van der Waals surface area contributed by atoms with E-state index in [1.807, 2.05) is 25.1 Å². The van der Waals surface area contributed by atoms with Crippen LogP contribution < -0.4 is 5.32 Å². The SMILES string of the molecule is CCC(C)OC(=O)/C=C\C(=O)Nc1ccccc1. The maximum atomic E-state index is 11.5. The maximum absolute atomic E-state index is 11.5.